The lowest BCUT2D eigenvalue weighted by Gasteiger charge is -2.23. The Morgan fingerprint density at radius 2 is 2.00 bits per heavy atom. The van der Waals surface area contributed by atoms with Crippen molar-refractivity contribution in [3.8, 4) is 0 Å². The zero-order valence-electron chi connectivity index (χ0n) is 9.65. The quantitative estimate of drug-likeness (QED) is 0.708. The van der Waals surface area contributed by atoms with Gasteiger partial charge in [-0.15, -0.1) is 0 Å². The van der Waals surface area contributed by atoms with Gasteiger partial charge in [0, 0.05) is 12.6 Å². The highest BCUT2D eigenvalue weighted by Gasteiger charge is 2.36. The van der Waals surface area contributed by atoms with Crippen molar-refractivity contribution in [2.45, 2.75) is 39.2 Å². The van der Waals surface area contributed by atoms with Crippen molar-refractivity contribution in [2.24, 2.45) is 11.7 Å². The molecular formula is C10H22N2O2S. The Morgan fingerprint density at radius 1 is 1.40 bits per heavy atom. The molecule has 4 nitrogen and oxygen atoms in total. The lowest BCUT2D eigenvalue weighted by Crippen LogP contribution is -2.38. The van der Waals surface area contributed by atoms with Gasteiger partial charge in [0.25, 0.3) is 0 Å². The topological polar surface area (TPSA) is 63.4 Å². The Bertz CT molecular complexity index is 284. The van der Waals surface area contributed by atoms with Crippen LogP contribution < -0.4 is 5.73 Å². The fourth-order valence-electron chi connectivity index (χ4n) is 1.60. The molecule has 0 bridgehead atoms. The Balaban J connectivity index is 2.61. The van der Waals surface area contributed by atoms with Gasteiger partial charge < -0.3 is 5.73 Å². The van der Waals surface area contributed by atoms with E-state index in [1.54, 1.807) is 4.31 Å². The standard InChI is InChI=1S/C10H22N2O2S/c1-9(2)8-12(10-4-5-10)15(13,14)7-3-6-11/h9-10H,3-8,11H2,1-2H3. The van der Waals surface area contributed by atoms with E-state index in [1.165, 1.54) is 0 Å². The Kier molecular flexibility index (Phi) is 4.55. The maximum Gasteiger partial charge on any atom is 0.214 e. The van der Waals surface area contributed by atoms with Crippen LogP contribution in [0.5, 0.6) is 0 Å². The molecular weight excluding hydrogens is 212 g/mol. The first-order valence-electron chi connectivity index (χ1n) is 5.67. The molecule has 2 N–H and O–H groups in total. The molecule has 0 aromatic carbocycles. The van der Waals surface area contributed by atoms with Crippen LogP contribution in [0, 0.1) is 5.92 Å². The number of sulfonamides is 1. The number of hydrogen-bond donors (Lipinski definition) is 1. The second-order valence-electron chi connectivity index (χ2n) is 4.65. The Morgan fingerprint density at radius 3 is 2.40 bits per heavy atom. The highest BCUT2D eigenvalue weighted by atomic mass is 32.2. The maximum absolute atomic E-state index is 12.0. The monoisotopic (exact) mass is 234 g/mol. The van der Waals surface area contributed by atoms with E-state index < -0.39 is 10.0 Å². The van der Waals surface area contributed by atoms with Gasteiger partial charge in [-0.25, -0.2) is 8.42 Å². The van der Waals surface area contributed by atoms with Crippen LogP contribution >= 0.6 is 0 Å². The summed E-state index contributed by atoms with van der Waals surface area (Å²) in [5.74, 6) is 0.588. The zero-order valence-corrected chi connectivity index (χ0v) is 10.5. The van der Waals surface area contributed by atoms with E-state index in [-0.39, 0.29) is 11.8 Å². The summed E-state index contributed by atoms with van der Waals surface area (Å²) in [4.78, 5) is 0. The van der Waals surface area contributed by atoms with Crippen LogP contribution in [0.2, 0.25) is 0 Å². The first kappa shape index (κ1) is 12.9. The molecule has 0 amide bonds. The SMILES string of the molecule is CC(C)CN(C1CC1)S(=O)(=O)CCCN. The molecule has 15 heavy (non-hydrogen) atoms. The van der Waals surface area contributed by atoms with Crippen molar-refractivity contribution in [3.63, 3.8) is 0 Å². The molecule has 0 heterocycles. The van der Waals surface area contributed by atoms with E-state index >= 15 is 0 Å². The molecule has 0 aromatic heterocycles. The third kappa shape index (κ3) is 4.09. The van der Waals surface area contributed by atoms with E-state index in [4.69, 9.17) is 5.73 Å². The summed E-state index contributed by atoms with van der Waals surface area (Å²) in [5, 5.41) is 0. The van der Waals surface area contributed by atoms with Crippen LogP contribution in [0.15, 0.2) is 0 Å². The first-order valence-corrected chi connectivity index (χ1v) is 7.28. The smallest absolute Gasteiger partial charge is 0.214 e. The molecule has 0 atom stereocenters. The van der Waals surface area contributed by atoms with E-state index in [9.17, 15) is 8.42 Å². The maximum atomic E-state index is 12.0. The Hall–Kier alpha value is -0.130. The molecule has 0 aromatic rings. The predicted molar refractivity (Wildman–Crippen MR) is 62.0 cm³/mol. The van der Waals surface area contributed by atoms with E-state index in [1.807, 2.05) is 13.8 Å². The molecule has 5 heteroatoms. The molecule has 1 fully saturated rings. The average Bonchev–Trinajstić information content (AvgIpc) is 2.94. The first-order chi connectivity index (χ1) is 6.97. The van der Waals surface area contributed by atoms with Crippen LogP contribution in [-0.2, 0) is 10.0 Å². The summed E-state index contributed by atoms with van der Waals surface area (Å²) in [5.41, 5.74) is 5.35. The van der Waals surface area contributed by atoms with Gasteiger partial charge in [-0.1, -0.05) is 13.8 Å². The van der Waals surface area contributed by atoms with Crippen molar-refractivity contribution in [1.29, 1.82) is 0 Å². The lowest BCUT2D eigenvalue weighted by atomic mass is 10.2. The third-order valence-electron chi connectivity index (χ3n) is 2.46. The normalized spacial score (nSPS) is 17.7. The molecule has 0 saturated heterocycles. The fourth-order valence-corrected chi connectivity index (χ4v) is 3.55. The fraction of sp³-hybridized carbons (Fsp3) is 1.00. The lowest BCUT2D eigenvalue weighted by molar-refractivity contribution is 0.360. The largest absolute Gasteiger partial charge is 0.330 e. The molecule has 1 saturated carbocycles. The van der Waals surface area contributed by atoms with Crippen LogP contribution in [0.3, 0.4) is 0 Å². The molecule has 1 aliphatic carbocycles. The van der Waals surface area contributed by atoms with Crippen LogP contribution in [0.25, 0.3) is 0 Å². The van der Waals surface area contributed by atoms with E-state index in [0.29, 0.717) is 25.4 Å². The summed E-state index contributed by atoms with van der Waals surface area (Å²) >= 11 is 0. The molecule has 0 unspecified atom stereocenters. The molecule has 0 radical (unpaired) electrons. The van der Waals surface area contributed by atoms with E-state index in [0.717, 1.165) is 12.8 Å². The van der Waals surface area contributed by atoms with Gasteiger partial charge >= 0.3 is 0 Å². The van der Waals surface area contributed by atoms with Gasteiger partial charge in [0.05, 0.1) is 5.75 Å². The molecule has 0 spiro atoms. The summed E-state index contributed by atoms with van der Waals surface area (Å²) in [6.45, 7) is 5.19. The number of hydrogen-bond acceptors (Lipinski definition) is 3. The van der Waals surface area contributed by atoms with Crippen molar-refractivity contribution >= 4 is 10.0 Å². The second-order valence-corrected chi connectivity index (χ2v) is 6.69. The van der Waals surface area contributed by atoms with Gasteiger partial charge in [0.15, 0.2) is 0 Å². The highest BCUT2D eigenvalue weighted by molar-refractivity contribution is 7.89. The van der Waals surface area contributed by atoms with Crippen molar-refractivity contribution in [1.82, 2.24) is 4.31 Å². The Labute approximate surface area is 92.9 Å². The zero-order chi connectivity index (χ0) is 11.5. The molecule has 90 valence electrons. The molecule has 1 aliphatic rings. The number of rotatable bonds is 7. The van der Waals surface area contributed by atoms with Crippen LogP contribution in [-0.4, -0.2) is 37.6 Å². The minimum atomic E-state index is -3.06. The number of nitrogens with zero attached hydrogens (tertiary/aromatic N) is 1. The molecule has 0 aliphatic heterocycles. The van der Waals surface area contributed by atoms with Gasteiger partial charge in [-0.05, 0) is 31.7 Å². The predicted octanol–water partition coefficient (Wildman–Crippen LogP) is 0.785. The summed E-state index contributed by atoms with van der Waals surface area (Å²) in [6, 6.07) is 0.273. The van der Waals surface area contributed by atoms with Crippen LogP contribution in [0.1, 0.15) is 33.1 Å². The minimum absolute atomic E-state index is 0.201. The van der Waals surface area contributed by atoms with Crippen molar-refractivity contribution in [2.75, 3.05) is 18.8 Å². The van der Waals surface area contributed by atoms with Gasteiger partial charge in [0.2, 0.25) is 10.0 Å². The summed E-state index contributed by atoms with van der Waals surface area (Å²) < 4.78 is 25.6. The van der Waals surface area contributed by atoms with Crippen LogP contribution in [0.4, 0.5) is 0 Å². The van der Waals surface area contributed by atoms with Gasteiger partial charge in [-0.3, -0.25) is 0 Å². The van der Waals surface area contributed by atoms with Crippen molar-refractivity contribution in [3.05, 3.63) is 0 Å². The second kappa shape index (κ2) is 5.27. The molecule has 1 rings (SSSR count). The van der Waals surface area contributed by atoms with Gasteiger partial charge in [0.1, 0.15) is 0 Å². The summed E-state index contributed by atoms with van der Waals surface area (Å²) in [7, 11) is -3.06. The summed E-state index contributed by atoms with van der Waals surface area (Å²) in [6.07, 6.45) is 2.60. The number of nitrogens with two attached hydrogens (primary N) is 1. The third-order valence-corrected chi connectivity index (χ3v) is 4.43. The average molecular weight is 234 g/mol. The van der Waals surface area contributed by atoms with E-state index in [2.05, 4.69) is 0 Å². The van der Waals surface area contributed by atoms with Gasteiger partial charge in [-0.2, -0.15) is 4.31 Å². The minimum Gasteiger partial charge on any atom is -0.330 e. The van der Waals surface area contributed by atoms with Crippen molar-refractivity contribution < 1.29 is 8.42 Å². The highest BCUT2D eigenvalue weighted by Crippen LogP contribution is 2.30.